The molecule has 1 aliphatic rings. The van der Waals surface area contributed by atoms with Gasteiger partial charge in [0.25, 0.3) is 5.56 Å². The molecule has 1 aliphatic heterocycles. The number of hydrogen-bond acceptors (Lipinski definition) is 8. The van der Waals surface area contributed by atoms with Crippen LogP contribution in [0.2, 0.25) is 5.02 Å². The van der Waals surface area contributed by atoms with Crippen LogP contribution in [0.5, 0.6) is 0 Å². The number of allylic oxidation sites excluding steroid dienone is 1. The van der Waals surface area contributed by atoms with Crippen molar-refractivity contribution in [2.45, 2.75) is 19.9 Å². The highest BCUT2D eigenvalue weighted by Crippen LogP contribution is 2.31. The Balaban J connectivity index is 1.60. The molecule has 2 aromatic heterocycles. The normalized spacial score (nSPS) is 15.0. The van der Waals surface area contributed by atoms with E-state index in [0.29, 0.717) is 37.7 Å². The fraction of sp³-hybridized carbons (Fsp3) is 0.172. The van der Waals surface area contributed by atoms with Crippen LogP contribution in [0.3, 0.4) is 0 Å². The second kappa shape index (κ2) is 11.1. The Kier molecular flexibility index (Phi) is 7.55. The van der Waals surface area contributed by atoms with Crippen LogP contribution in [0.4, 0.5) is 4.39 Å². The summed E-state index contributed by atoms with van der Waals surface area (Å²) >= 11 is 7.26. The molecule has 0 bridgehead atoms. The topological polar surface area (TPSA) is 100 Å². The van der Waals surface area contributed by atoms with Crippen molar-refractivity contribution in [1.29, 1.82) is 0 Å². The molecule has 5 rings (SSSR count). The molecule has 0 spiro atoms. The lowest BCUT2D eigenvalue weighted by atomic mass is 9.96. The lowest BCUT2D eigenvalue weighted by Crippen LogP contribution is -2.39. The second-order valence-electron chi connectivity index (χ2n) is 8.74. The van der Waals surface area contributed by atoms with E-state index in [1.54, 1.807) is 50.3 Å². The van der Waals surface area contributed by atoms with Crippen LogP contribution in [-0.4, -0.2) is 30.2 Å². The first-order valence-electron chi connectivity index (χ1n) is 12.1. The number of carbonyl (C=O) groups excluding carboxylic acids is 2. The molecule has 4 aromatic rings. The van der Waals surface area contributed by atoms with Gasteiger partial charge in [0, 0.05) is 11.6 Å². The largest absolute Gasteiger partial charge is 0.465 e. The second-order valence-corrected chi connectivity index (χ2v) is 10.2. The zero-order valence-electron chi connectivity index (χ0n) is 21.6. The van der Waals surface area contributed by atoms with Gasteiger partial charge in [0.15, 0.2) is 4.80 Å². The number of aromatic nitrogens is 1. The Labute approximate surface area is 236 Å². The maximum atomic E-state index is 13.7. The van der Waals surface area contributed by atoms with Crippen molar-refractivity contribution in [2.75, 3.05) is 13.7 Å². The van der Waals surface area contributed by atoms with Crippen LogP contribution < -0.4 is 14.9 Å². The summed E-state index contributed by atoms with van der Waals surface area (Å²) < 4.78 is 31.4. The van der Waals surface area contributed by atoms with E-state index in [1.165, 1.54) is 35.9 Å². The lowest BCUT2D eigenvalue weighted by Gasteiger charge is -2.24. The van der Waals surface area contributed by atoms with Crippen LogP contribution in [0.15, 0.2) is 80.1 Å². The quantitative estimate of drug-likeness (QED) is 0.308. The third-order valence-electron chi connectivity index (χ3n) is 6.26. The SMILES string of the molecule is CCOC(=O)C1=C(C)N=c2s/c(=C\c3ccc(-c4ccc(Cl)c(C(=O)OC)c4)o3)c(=O)n2[C@H]1c1ccc(F)cc1. The van der Waals surface area contributed by atoms with E-state index in [1.807, 2.05) is 0 Å². The van der Waals surface area contributed by atoms with Crippen LogP contribution in [0.25, 0.3) is 17.4 Å². The molecule has 2 aromatic carbocycles. The molecule has 0 aliphatic carbocycles. The molecule has 0 radical (unpaired) electrons. The minimum atomic E-state index is -0.851. The number of benzene rings is 2. The number of rotatable bonds is 6. The summed E-state index contributed by atoms with van der Waals surface area (Å²) in [7, 11) is 1.27. The number of fused-ring (bicyclic) bond motifs is 1. The van der Waals surface area contributed by atoms with E-state index in [-0.39, 0.29) is 22.8 Å². The Morgan fingerprint density at radius 2 is 1.90 bits per heavy atom. The van der Waals surface area contributed by atoms with E-state index in [2.05, 4.69) is 4.99 Å². The zero-order valence-corrected chi connectivity index (χ0v) is 23.1. The third-order valence-corrected chi connectivity index (χ3v) is 7.57. The Morgan fingerprint density at radius 3 is 2.60 bits per heavy atom. The van der Waals surface area contributed by atoms with Crippen molar-refractivity contribution in [3.63, 3.8) is 0 Å². The predicted molar refractivity (Wildman–Crippen MR) is 147 cm³/mol. The third kappa shape index (κ3) is 5.03. The van der Waals surface area contributed by atoms with Crippen LogP contribution in [0.1, 0.15) is 41.6 Å². The number of esters is 2. The van der Waals surface area contributed by atoms with E-state index < -0.39 is 29.4 Å². The molecule has 8 nitrogen and oxygen atoms in total. The van der Waals surface area contributed by atoms with E-state index in [0.717, 1.165) is 11.3 Å². The molecule has 0 saturated carbocycles. The monoisotopic (exact) mass is 580 g/mol. The van der Waals surface area contributed by atoms with Gasteiger partial charge >= 0.3 is 11.9 Å². The zero-order chi connectivity index (χ0) is 28.6. The van der Waals surface area contributed by atoms with E-state index in [4.69, 9.17) is 25.5 Å². The van der Waals surface area contributed by atoms with Crippen molar-refractivity contribution in [3.05, 3.63) is 113 Å². The van der Waals surface area contributed by atoms with Gasteiger partial charge in [-0.3, -0.25) is 9.36 Å². The summed E-state index contributed by atoms with van der Waals surface area (Å²) in [6.45, 7) is 3.51. The summed E-state index contributed by atoms with van der Waals surface area (Å²) in [5, 5.41) is 0.247. The van der Waals surface area contributed by atoms with E-state index >= 15 is 0 Å². The molecule has 0 saturated heterocycles. The molecule has 0 N–H and O–H groups in total. The number of carbonyl (C=O) groups is 2. The van der Waals surface area contributed by atoms with Crippen LogP contribution in [-0.2, 0) is 14.3 Å². The van der Waals surface area contributed by atoms with Gasteiger partial charge in [0.2, 0.25) is 0 Å². The van der Waals surface area contributed by atoms with Gasteiger partial charge in [-0.05, 0) is 61.9 Å². The molecule has 0 unspecified atom stereocenters. The summed E-state index contributed by atoms with van der Waals surface area (Å²) in [6.07, 6.45) is 1.58. The number of ether oxygens (including phenoxy) is 2. The number of thiazole rings is 1. The Hall–Kier alpha value is -4.28. The highest BCUT2D eigenvalue weighted by atomic mass is 35.5. The summed E-state index contributed by atoms with van der Waals surface area (Å²) in [6, 6.07) is 13.0. The average molecular weight is 581 g/mol. The maximum Gasteiger partial charge on any atom is 0.339 e. The first-order valence-corrected chi connectivity index (χ1v) is 13.3. The molecule has 3 heterocycles. The summed E-state index contributed by atoms with van der Waals surface area (Å²) in [5.41, 5.74) is 1.54. The van der Waals surface area contributed by atoms with Crippen molar-refractivity contribution in [2.24, 2.45) is 4.99 Å². The highest BCUT2D eigenvalue weighted by molar-refractivity contribution is 7.07. The standard InChI is InChI=1S/C29H22ClFN2O6S/c1-4-38-28(36)24-15(2)32-29-33(25(24)16-5-8-18(31)9-6-16)26(34)23(40-29)14-19-10-12-22(39-19)17-7-11-21(30)20(13-17)27(35)37-3/h5-14,25H,4H2,1-3H3/b23-14-/t25-/m0/s1. The molecular formula is C29H22ClFN2O6S. The maximum absolute atomic E-state index is 13.7. The summed E-state index contributed by atoms with van der Waals surface area (Å²) in [5.74, 6) is -0.784. The van der Waals surface area contributed by atoms with Crippen LogP contribution in [0, 0.1) is 5.82 Å². The number of halogens is 2. The van der Waals surface area contributed by atoms with E-state index in [9.17, 15) is 18.8 Å². The number of hydrogen-bond donors (Lipinski definition) is 0. The minimum Gasteiger partial charge on any atom is -0.465 e. The average Bonchev–Trinajstić information content (AvgIpc) is 3.52. The Bertz CT molecular complexity index is 1850. The minimum absolute atomic E-state index is 0.145. The molecule has 204 valence electrons. The van der Waals surface area contributed by atoms with Gasteiger partial charge < -0.3 is 13.9 Å². The van der Waals surface area contributed by atoms with Gasteiger partial charge in [-0.1, -0.05) is 35.1 Å². The number of furan rings is 1. The number of nitrogens with zero attached hydrogens (tertiary/aromatic N) is 2. The highest BCUT2D eigenvalue weighted by Gasteiger charge is 2.33. The molecule has 0 fully saturated rings. The van der Waals surface area contributed by atoms with Crippen molar-refractivity contribution >= 4 is 41.0 Å². The predicted octanol–water partition coefficient (Wildman–Crippen LogP) is 4.64. The first-order chi connectivity index (χ1) is 19.2. The fourth-order valence-electron chi connectivity index (χ4n) is 4.41. The molecular weight excluding hydrogens is 559 g/mol. The molecule has 1 atom stereocenters. The van der Waals surface area contributed by atoms with Crippen LogP contribution >= 0.6 is 22.9 Å². The van der Waals surface area contributed by atoms with Crippen molar-refractivity contribution < 1.29 is 27.9 Å². The van der Waals surface area contributed by atoms with Gasteiger partial charge in [-0.25, -0.2) is 19.0 Å². The van der Waals surface area contributed by atoms with Gasteiger partial charge in [-0.2, -0.15) is 0 Å². The smallest absolute Gasteiger partial charge is 0.339 e. The number of methoxy groups -OCH3 is 1. The van der Waals surface area contributed by atoms with Gasteiger partial charge in [-0.15, -0.1) is 0 Å². The first kappa shape index (κ1) is 27.3. The Morgan fingerprint density at radius 1 is 1.15 bits per heavy atom. The fourth-order valence-corrected chi connectivity index (χ4v) is 5.63. The molecule has 11 heteroatoms. The van der Waals surface area contributed by atoms with Crippen molar-refractivity contribution in [3.8, 4) is 11.3 Å². The lowest BCUT2D eigenvalue weighted by molar-refractivity contribution is -0.139. The van der Waals surface area contributed by atoms with Gasteiger partial charge in [0.05, 0.1) is 46.1 Å². The van der Waals surface area contributed by atoms with Crippen molar-refractivity contribution in [1.82, 2.24) is 4.57 Å². The van der Waals surface area contributed by atoms with Gasteiger partial charge in [0.1, 0.15) is 17.3 Å². The summed E-state index contributed by atoms with van der Waals surface area (Å²) in [4.78, 5) is 43.6. The molecule has 40 heavy (non-hydrogen) atoms. The molecule has 0 amide bonds.